The topological polar surface area (TPSA) is 62.9 Å². The lowest BCUT2D eigenvalue weighted by Gasteiger charge is -2.14. The van der Waals surface area contributed by atoms with Crippen molar-refractivity contribution in [3.8, 4) is 0 Å². The van der Waals surface area contributed by atoms with Crippen molar-refractivity contribution in [1.29, 1.82) is 0 Å². The molecule has 1 aromatic rings. The van der Waals surface area contributed by atoms with Gasteiger partial charge in [0.05, 0.1) is 19.4 Å². The third-order valence-electron chi connectivity index (χ3n) is 3.52. The number of esters is 1. The number of furan rings is 1. The fourth-order valence-corrected chi connectivity index (χ4v) is 2.53. The van der Waals surface area contributed by atoms with Crippen molar-refractivity contribution in [2.24, 2.45) is 5.92 Å². The molecule has 106 valence electrons. The highest BCUT2D eigenvalue weighted by atomic mass is 16.5. The average Bonchev–Trinajstić information content (AvgIpc) is 3.00. The minimum atomic E-state index is -0.322. The molecule has 1 aliphatic heterocycles. The van der Waals surface area contributed by atoms with E-state index in [9.17, 15) is 4.79 Å². The van der Waals surface area contributed by atoms with Crippen molar-refractivity contribution in [3.63, 3.8) is 0 Å². The molecule has 0 aliphatic carbocycles. The van der Waals surface area contributed by atoms with E-state index in [1.165, 1.54) is 6.26 Å². The Morgan fingerprint density at radius 1 is 1.63 bits per heavy atom. The third kappa shape index (κ3) is 3.58. The smallest absolute Gasteiger partial charge is 0.341 e. The maximum atomic E-state index is 11.7. The van der Waals surface area contributed by atoms with Gasteiger partial charge in [-0.3, -0.25) is 4.90 Å². The molecule has 1 saturated heterocycles. The lowest BCUT2D eigenvalue weighted by Crippen LogP contribution is -2.21. The van der Waals surface area contributed by atoms with Crippen molar-refractivity contribution in [2.45, 2.75) is 26.3 Å². The van der Waals surface area contributed by atoms with Gasteiger partial charge in [-0.25, -0.2) is 4.79 Å². The number of hydrogen-bond acceptors (Lipinski definition) is 5. The van der Waals surface area contributed by atoms with Crippen LogP contribution in [0.3, 0.4) is 0 Å². The van der Waals surface area contributed by atoms with Crippen LogP contribution in [0.25, 0.3) is 0 Å². The first kappa shape index (κ1) is 14.1. The summed E-state index contributed by atoms with van der Waals surface area (Å²) in [7, 11) is 0. The second-order valence-electron chi connectivity index (χ2n) is 4.88. The minimum Gasteiger partial charge on any atom is -0.467 e. The van der Waals surface area contributed by atoms with Crippen molar-refractivity contribution in [1.82, 2.24) is 4.90 Å². The average molecular weight is 267 g/mol. The van der Waals surface area contributed by atoms with E-state index in [-0.39, 0.29) is 12.6 Å². The molecule has 1 fully saturated rings. The number of rotatable bonds is 6. The van der Waals surface area contributed by atoms with Gasteiger partial charge in [-0.1, -0.05) is 0 Å². The van der Waals surface area contributed by atoms with Gasteiger partial charge in [-0.2, -0.15) is 0 Å². The van der Waals surface area contributed by atoms with Gasteiger partial charge in [-0.05, 0) is 38.3 Å². The normalized spacial score (nSPS) is 19.8. The van der Waals surface area contributed by atoms with E-state index in [1.54, 1.807) is 13.0 Å². The van der Waals surface area contributed by atoms with Crippen LogP contribution < -0.4 is 0 Å². The molecule has 0 aromatic carbocycles. The molecule has 1 aliphatic rings. The molecule has 0 bridgehead atoms. The first-order chi connectivity index (χ1) is 9.24. The Morgan fingerprint density at radius 2 is 2.47 bits per heavy atom. The van der Waals surface area contributed by atoms with Crippen LogP contribution in [0, 0.1) is 5.92 Å². The monoisotopic (exact) mass is 267 g/mol. The zero-order valence-electron chi connectivity index (χ0n) is 11.3. The molecule has 19 heavy (non-hydrogen) atoms. The Morgan fingerprint density at radius 3 is 3.21 bits per heavy atom. The molecule has 1 atom stereocenters. The van der Waals surface area contributed by atoms with Crippen LogP contribution in [-0.4, -0.2) is 42.3 Å². The van der Waals surface area contributed by atoms with Crippen molar-refractivity contribution < 1.29 is 19.1 Å². The zero-order valence-corrected chi connectivity index (χ0v) is 11.3. The van der Waals surface area contributed by atoms with E-state index < -0.39 is 0 Å². The summed E-state index contributed by atoms with van der Waals surface area (Å²) in [6.07, 6.45) is 3.47. The molecular weight excluding hydrogens is 246 g/mol. The van der Waals surface area contributed by atoms with E-state index in [1.807, 2.05) is 0 Å². The largest absolute Gasteiger partial charge is 0.467 e. The van der Waals surface area contributed by atoms with Gasteiger partial charge in [0, 0.05) is 13.2 Å². The summed E-state index contributed by atoms with van der Waals surface area (Å²) < 4.78 is 10.4. The molecule has 2 rings (SSSR count). The Hall–Kier alpha value is -1.33. The molecule has 0 spiro atoms. The van der Waals surface area contributed by atoms with Crippen LogP contribution >= 0.6 is 0 Å². The molecule has 2 heterocycles. The molecule has 1 N–H and O–H groups in total. The lowest BCUT2D eigenvalue weighted by molar-refractivity contribution is 0.0522. The molecule has 1 unspecified atom stereocenters. The van der Waals surface area contributed by atoms with E-state index in [4.69, 9.17) is 14.3 Å². The van der Waals surface area contributed by atoms with Crippen molar-refractivity contribution >= 4 is 5.97 Å². The van der Waals surface area contributed by atoms with Crippen LogP contribution in [0.5, 0.6) is 0 Å². The van der Waals surface area contributed by atoms with Crippen LogP contribution in [0.15, 0.2) is 16.7 Å². The highest BCUT2D eigenvalue weighted by Crippen LogP contribution is 2.23. The van der Waals surface area contributed by atoms with Crippen LogP contribution in [-0.2, 0) is 11.3 Å². The summed E-state index contributed by atoms with van der Waals surface area (Å²) in [5, 5.41) is 8.95. The van der Waals surface area contributed by atoms with Crippen LogP contribution in [0.1, 0.15) is 35.9 Å². The van der Waals surface area contributed by atoms with Crippen molar-refractivity contribution in [3.05, 3.63) is 23.7 Å². The van der Waals surface area contributed by atoms with Gasteiger partial charge in [0.1, 0.15) is 11.3 Å². The lowest BCUT2D eigenvalue weighted by atomic mass is 10.1. The highest BCUT2D eigenvalue weighted by molar-refractivity contribution is 5.90. The number of hydrogen-bond donors (Lipinski definition) is 1. The Balaban J connectivity index is 1.93. The second kappa shape index (κ2) is 6.73. The predicted molar refractivity (Wildman–Crippen MR) is 69.8 cm³/mol. The molecule has 1 aromatic heterocycles. The predicted octanol–water partition coefficient (Wildman–Crippen LogP) is 1.66. The van der Waals surface area contributed by atoms with Gasteiger partial charge >= 0.3 is 5.97 Å². The number of ether oxygens (including phenoxy) is 1. The maximum absolute atomic E-state index is 11.7. The standard InChI is InChI=1S/C14H21NO4/c1-2-18-14(17)12-5-8-19-13(12)10-15-6-3-11(9-15)4-7-16/h5,8,11,16H,2-4,6-7,9-10H2,1H3. The van der Waals surface area contributed by atoms with E-state index >= 15 is 0 Å². The second-order valence-corrected chi connectivity index (χ2v) is 4.88. The fourth-order valence-electron chi connectivity index (χ4n) is 2.53. The quantitative estimate of drug-likeness (QED) is 0.794. The molecule has 5 heteroatoms. The van der Waals surface area contributed by atoms with E-state index in [2.05, 4.69) is 4.90 Å². The van der Waals surface area contributed by atoms with Gasteiger partial charge in [0.15, 0.2) is 0 Å². The summed E-state index contributed by atoms with van der Waals surface area (Å²) in [5.41, 5.74) is 0.521. The summed E-state index contributed by atoms with van der Waals surface area (Å²) in [5.74, 6) is 0.895. The maximum Gasteiger partial charge on any atom is 0.341 e. The number of likely N-dealkylation sites (tertiary alicyclic amines) is 1. The highest BCUT2D eigenvalue weighted by Gasteiger charge is 2.25. The van der Waals surface area contributed by atoms with Crippen LogP contribution in [0.2, 0.25) is 0 Å². The number of aliphatic hydroxyl groups excluding tert-OH is 1. The van der Waals surface area contributed by atoms with E-state index in [0.717, 1.165) is 25.9 Å². The summed E-state index contributed by atoms with van der Waals surface area (Å²) >= 11 is 0. The van der Waals surface area contributed by atoms with Gasteiger partial charge < -0.3 is 14.3 Å². The number of aliphatic hydroxyl groups is 1. The Bertz CT molecular complexity index is 415. The number of carbonyl (C=O) groups excluding carboxylic acids is 1. The molecule has 0 saturated carbocycles. The SMILES string of the molecule is CCOC(=O)c1ccoc1CN1CCC(CCO)C1. The van der Waals surface area contributed by atoms with Gasteiger partial charge in [0.25, 0.3) is 0 Å². The minimum absolute atomic E-state index is 0.243. The Kier molecular flexibility index (Phi) is 4.99. The zero-order chi connectivity index (χ0) is 13.7. The number of carbonyl (C=O) groups is 1. The first-order valence-corrected chi connectivity index (χ1v) is 6.81. The number of nitrogens with zero attached hydrogens (tertiary/aromatic N) is 1. The van der Waals surface area contributed by atoms with Gasteiger partial charge in [0.2, 0.25) is 0 Å². The summed E-state index contributed by atoms with van der Waals surface area (Å²) in [6, 6.07) is 1.66. The summed E-state index contributed by atoms with van der Waals surface area (Å²) in [6.45, 7) is 4.96. The first-order valence-electron chi connectivity index (χ1n) is 6.81. The molecule has 5 nitrogen and oxygen atoms in total. The molecular formula is C14H21NO4. The third-order valence-corrected chi connectivity index (χ3v) is 3.52. The fraction of sp³-hybridized carbons (Fsp3) is 0.643. The van der Waals surface area contributed by atoms with Crippen molar-refractivity contribution in [2.75, 3.05) is 26.3 Å². The van der Waals surface area contributed by atoms with E-state index in [0.29, 0.717) is 30.4 Å². The van der Waals surface area contributed by atoms with Crippen LogP contribution in [0.4, 0.5) is 0 Å². The molecule has 0 radical (unpaired) electrons. The summed E-state index contributed by atoms with van der Waals surface area (Å²) in [4.78, 5) is 14.0. The van der Waals surface area contributed by atoms with Gasteiger partial charge in [-0.15, -0.1) is 0 Å². The molecule has 0 amide bonds. The Labute approximate surface area is 113 Å².